The normalized spacial score (nSPS) is 12.9. The van der Waals surface area contributed by atoms with Gasteiger partial charge in [0.05, 0.1) is 5.57 Å². The Balaban J connectivity index is 0.000000287. The molecule has 0 unspecified atom stereocenters. The van der Waals surface area contributed by atoms with Crippen LogP contribution in [0.4, 0.5) is 0 Å². The van der Waals surface area contributed by atoms with Crippen LogP contribution in [-0.4, -0.2) is 4.70 Å². The van der Waals surface area contributed by atoms with Crippen molar-refractivity contribution < 1.29 is 19.1 Å². The van der Waals surface area contributed by atoms with Crippen molar-refractivity contribution in [1.82, 2.24) is 0 Å². The van der Waals surface area contributed by atoms with Gasteiger partial charge in [-0.3, -0.25) is 0 Å². The van der Waals surface area contributed by atoms with Crippen LogP contribution in [0, 0.1) is 13.8 Å². The molecule has 48 heavy (non-hydrogen) atoms. The Morgan fingerprint density at radius 2 is 1.08 bits per heavy atom. The van der Waals surface area contributed by atoms with Gasteiger partial charge in [-0.25, -0.2) is 4.70 Å². The molecular weight excluding hydrogens is 627 g/mol. The Kier molecular flexibility index (Phi) is 14.4. The van der Waals surface area contributed by atoms with Crippen LogP contribution < -0.4 is 9.07 Å². The third-order valence-electron chi connectivity index (χ3n) is 8.64. The van der Waals surface area contributed by atoms with Gasteiger partial charge in [0, 0.05) is 17.2 Å². The van der Waals surface area contributed by atoms with Crippen molar-refractivity contribution in [3.05, 3.63) is 159 Å². The van der Waals surface area contributed by atoms with Gasteiger partial charge in [0.1, 0.15) is 0 Å². The summed E-state index contributed by atoms with van der Waals surface area (Å²) in [7, 11) is 0. The zero-order valence-corrected chi connectivity index (χ0v) is 31.2. The monoisotopic (exact) mass is 680 g/mol. The quantitative estimate of drug-likeness (QED) is 0.0992. The number of allylic oxidation sites excluding steroid dienone is 4. The van der Waals surface area contributed by atoms with E-state index >= 15 is 0 Å². The molecule has 2 nitrogen and oxygen atoms in total. The Morgan fingerprint density at radius 3 is 1.54 bits per heavy atom. The van der Waals surface area contributed by atoms with Crippen molar-refractivity contribution in [3.8, 4) is 0 Å². The molecule has 1 heterocycles. The first-order chi connectivity index (χ1) is 23.3. The molecule has 3 heteroatoms. The fourth-order valence-corrected chi connectivity index (χ4v) is 6.83. The summed E-state index contributed by atoms with van der Waals surface area (Å²) in [6.07, 6.45) is 15.2. The van der Waals surface area contributed by atoms with Crippen LogP contribution in [0.15, 0.2) is 109 Å². The van der Waals surface area contributed by atoms with Crippen molar-refractivity contribution in [2.24, 2.45) is 0 Å². The van der Waals surface area contributed by atoms with E-state index in [9.17, 15) is 5.53 Å². The fraction of sp³-hybridized carbons (Fsp3) is 0.333. The molecule has 0 spiro atoms. The molecule has 0 atom stereocenters. The molecule has 1 aliphatic heterocycles. The van der Waals surface area contributed by atoms with Crippen molar-refractivity contribution in [2.75, 3.05) is 0 Å². The van der Waals surface area contributed by atoms with E-state index in [0.717, 1.165) is 53.8 Å². The summed E-state index contributed by atoms with van der Waals surface area (Å²) in [4.78, 5) is 0. The van der Waals surface area contributed by atoms with E-state index in [0.29, 0.717) is 0 Å². The summed E-state index contributed by atoms with van der Waals surface area (Å²) in [6, 6.07) is 31.0. The summed E-state index contributed by atoms with van der Waals surface area (Å²) in [5.41, 5.74) is 24.5. The maximum absolute atomic E-state index is 11.5. The van der Waals surface area contributed by atoms with Crippen LogP contribution in [-0.2, 0) is 40.1 Å². The van der Waals surface area contributed by atoms with Crippen molar-refractivity contribution in [2.45, 2.75) is 99.8 Å². The average molecular weight is 682 g/mol. The SMILES string of the molecule is CC=CC1=C(c2cc(CC)cc(CCCC)c2)[N+](=[N-])C(c2cc(CC)cc(CCCC)c2)=C1.Cc1cc[c]([Ni][c]2ccc(C)cc2)cc1. The second kappa shape index (κ2) is 18.7. The van der Waals surface area contributed by atoms with Crippen LogP contribution >= 0.6 is 0 Å². The Hall–Kier alpha value is -3.81. The summed E-state index contributed by atoms with van der Waals surface area (Å²) in [5, 5.41) is 0. The summed E-state index contributed by atoms with van der Waals surface area (Å²) >= 11 is 1.61. The van der Waals surface area contributed by atoms with Gasteiger partial charge in [-0.15, -0.1) is 0 Å². The minimum atomic E-state index is 0.864. The van der Waals surface area contributed by atoms with Gasteiger partial charge in [-0.1, -0.05) is 64.8 Å². The van der Waals surface area contributed by atoms with E-state index in [1.807, 2.05) is 6.92 Å². The summed E-state index contributed by atoms with van der Waals surface area (Å²) in [5.74, 6) is 0. The van der Waals surface area contributed by atoms with Crippen molar-refractivity contribution in [1.29, 1.82) is 0 Å². The first-order valence-electron chi connectivity index (χ1n) is 17.8. The van der Waals surface area contributed by atoms with Crippen molar-refractivity contribution >= 4 is 20.5 Å². The van der Waals surface area contributed by atoms with E-state index < -0.39 is 0 Å². The summed E-state index contributed by atoms with van der Waals surface area (Å²) in [6.45, 7) is 15.1. The van der Waals surface area contributed by atoms with Gasteiger partial charge in [-0.05, 0) is 92.0 Å². The van der Waals surface area contributed by atoms with E-state index in [2.05, 4.69) is 145 Å². The molecule has 0 fully saturated rings. The second-order valence-corrected chi connectivity index (χ2v) is 14.1. The second-order valence-electron chi connectivity index (χ2n) is 12.7. The zero-order chi connectivity index (χ0) is 34.5. The molecule has 1 aliphatic rings. The van der Waals surface area contributed by atoms with Gasteiger partial charge >= 0.3 is 97.0 Å². The van der Waals surface area contributed by atoms with Crippen LogP contribution in [0.5, 0.6) is 0 Å². The van der Waals surface area contributed by atoms with Crippen LogP contribution in [0.1, 0.15) is 105 Å². The molecule has 0 aliphatic carbocycles. The molecular formula is C45H54N2Ni. The summed E-state index contributed by atoms with van der Waals surface area (Å²) < 4.78 is 4.06. The predicted octanol–water partition coefficient (Wildman–Crippen LogP) is 11.2. The third-order valence-corrected chi connectivity index (χ3v) is 9.87. The van der Waals surface area contributed by atoms with Crippen molar-refractivity contribution in [3.63, 3.8) is 0 Å². The molecule has 0 bridgehead atoms. The number of hydrogen-bond donors (Lipinski definition) is 0. The van der Waals surface area contributed by atoms with Crippen LogP contribution in [0.2, 0.25) is 0 Å². The number of unbranched alkanes of at least 4 members (excludes halogenated alkanes) is 2. The first-order valence-corrected chi connectivity index (χ1v) is 18.8. The van der Waals surface area contributed by atoms with Gasteiger partial charge in [0.25, 0.3) is 0 Å². The molecule has 4 aromatic rings. The molecule has 0 saturated heterocycles. The number of hydrogen-bond acceptors (Lipinski definition) is 0. The Labute approximate surface area is 297 Å². The Bertz CT molecular complexity index is 1710. The minimum absolute atomic E-state index is 0.864. The molecule has 254 valence electrons. The van der Waals surface area contributed by atoms with Gasteiger partial charge in [0.2, 0.25) is 11.4 Å². The van der Waals surface area contributed by atoms with E-state index in [-0.39, 0.29) is 0 Å². The third kappa shape index (κ3) is 10.3. The Morgan fingerprint density at radius 1 is 0.625 bits per heavy atom. The first kappa shape index (κ1) is 37.0. The van der Waals surface area contributed by atoms with Gasteiger partial charge in [0.15, 0.2) is 0 Å². The van der Waals surface area contributed by atoms with Crippen LogP contribution in [0.25, 0.3) is 16.9 Å². The average Bonchev–Trinajstić information content (AvgIpc) is 3.43. The van der Waals surface area contributed by atoms with E-state index in [1.165, 1.54) is 72.8 Å². The fourth-order valence-electron chi connectivity index (χ4n) is 5.85. The van der Waals surface area contributed by atoms with Crippen LogP contribution in [0.3, 0.4) is 0 Å². The predicted molar refractivity (Wildman–Crippen MR) is 204 cm³/mol. The molecule has 4 aromatic carbocycles. The topological polar surface area (TPSA) is 25.3 Å². The number of aryl methyl sites for hydroxylation is 6. The number of benzene rings is 4. The zero-order valence-electron chi connectivity index (χ0n) is 30.2. The molecule has 0 saturated carbocycles. The van der Waals surface area contributed by atoms with E-state index in [4.69, 9.17) is 0 Å². The standard InChI is InChI=1S/C31H40N2.2C7H7.Ni/c1-6-11-14-25-16-23(9-4)18-28(20-25)30-22-27(13-8-3)31(33(30)32)29-19-24(10-5)17-26(21-29)15-12-7-2;2*1-7-5-3-2-4-6-7;/h8,13,16-22H,6-7,9-12,14-15H2,1-5H3;2*3-6H,1H3;. The van der Waals surface area contributed by atoms with Gasteiger partial charge < -0.3 is 5.53 Å². The number of rotatable bonds is 13. The molecule has 0 amide bonds. The van der Waals surface area contributed by atoms with Gasteiger partial charge in [-0.2, -0.15) is 0 Å². The van der Waals surface area contributed by atoms with E-state index in [1.54, 1.807) is 14.4 Å². The molecule has 0 N–H and O–H groups in total. The molecule has 0 aromatic heterocycles. The maximum atomic E-state index is 11.5. The molecule has 5 rings (SSSR count). The number of nitrogens with zero attached hydrogens (tertiary/aromatic N) is 2. The molecule has 0 radical (unpaired) electrons.